The largest absolute Gasteiger partial charge is 0.492 e. The molecule has 1 aliphatic heterocycles. The van der Waals surface area contributed by atoms with Crippen molar-refractivity contribution in [3.63, 3.8) is 0 Å². The van der Waals surface area contributed by atoms with Crippen LogP contribution in [0.25, 0.3) is 0 Å². The van der Waals surface area contributed by atoms with Crippen molar-refractivity contribution in [2.75, 3.05) is 20.2 Å². The second-order valence-corrected chi connectivity index (χ2v) is 8.80. The number of nitro benzene ring substituents is 1. The normalized spacial score (nSPS) is 14.8. The van der Waals surface area contributed by atoms with Crippen LogP contribution in [-0.2, 0) is 10.1 Å². The zero-order valence-electron chi connectivity index (χ0n) is 17.6. The van der Waals surface area contributed by atoms with Crippen molar-refractivity contribution in [1.82, 2.24) is 4.90 Å². The van der Waals surface area contributed by atoms with Gasteiger partial charge in [-0.2, -0.15) is 13.5 Å². The van der Waals surface area contributed by atoms with E-state index in [1.807, 2.05) is 17.9 Å². The highest BCUT2D eigenvalue weighted by Gasteiger charge is 2.27. The molecule has 12 heteroatoms. The Hall–Kier alpha value is -3.05. The molecule has 1 aliphatic rings. The summed E-state index contributed by atoms with van der Waals surface area (Å²) in [6, 6.07) is 8.27. The van der Waals surface area contributed by atoms with Crippen molar-refractivity contribution in [1.29, 1.82) is 0 Å². The van der Waals surface area contributed by atoms with E-state index in [0.717, 1.165) is 43.1 Å². The Morgan fingerprint density at radius 1 is 1.25 bits per heavy atom. The summed E-state index contributed by atoms with van der Waals surface area (Å²) < 4.78 is 36.6. The molecule has 0 radical (unpaired) electrons. The van der Waals surface area contributed by atoms with Gasteiger partial charge in [-0.05, 0) is 43.4 Å². The molecule has 1 fully saturated rings. The van der Waals surface area contributed by atoms with Crippen LogP contribution in [-0.4, -0.2) is 44.8 Å². The summed E-state index contributed by atoms with van der Waals surface area (Å²) >= 11 is 0. The summed E-state index contributed by atoms with van der Waals surface area (Å²) in [6.07, 6.45) is 3.22. The van der Waals surface area contributed by atoms with Gasteiger partial charge in [0.05, 0.1) is 12.0 Å². The van der Waals surface area contributed by atoms with Crippen LogP contribution < -0.4 is 14.8 Å². The van der Waals surface area contributed by atoms with Crippen molar-refractivity contribution in [3.05, 3.63) is 57.6 Å². The SMILES string of the molecule is COc1c(OS(=O)(=O)c2cccc([N+](=O)[O-])c2)cc(C)cc1C1CCN(C=NN)CC1.Cl. The molecule has 2 N–H and O–H groups in total. The topological polar surface area (TPSA) is 137 Å². The summed E-state index contributed by atoms with van der Waals surface area (Å²) in [5.74, 6) is 5.75. The van der Waals surface area contributed by atoms with Crippen molar-refractivity contribution >= 4 is 34.6 Å². The van der Waals surface area contributed by atoms with E-state index >= 15 is 0 Å². The number of likely N-dealkylation sites (tertiary alicyclic amines) is 1. The molecule has 0 spiro atoms. The molecule has 1 saturated heterocycles. The number of ether oxygens (including phenoxy) is 1. The maximum Gasteiger partial charge on any atom is 0.339 e. The van der Waals surface area contributed by atoms with Gasteiger partial charge in [0.25, 0.3) is 5.69 Å². The quantitative estimate of drug-likeness (QED) is 0.158. The lowest BCUT2D eigenvalue weighted by atomic mass is 9.88. The first-order valence-corrected chi connectivity index (χ1v) is 11.0. The van der Waals surface area contributed by atoms with Gasteiger partial charge in [0, 0.05) is 30.8 Å². The Morgan fingerprint density at radius 3 is 2.53 bits per heavy atom. The molecule has 1 heterocycles. The first-order valence-electron chi connectivity index (χ1n) is 9.60. The number of nitro groups is 1. The van der Waals surface area contributed by atoms with Crippen molar-refractivity contribution in [3.8, 4) is 11.5 Å². The lowest BCUT2D eigenvalue weighted by Crippen LogP contribution is -2.32. The molecule has 0 atom stereocenters. The minimum Gasteiger partial charge on any atom is -0.492 e. The standard InChI is InChI=1S/C20H24N4O6S.ClH/c1-14-10-18(15-6-8-23(9-7-15)13-22-21)20(29-2)19(11-14)30-31(27,28)17-5-3-4-16(12-17)24(25)26;/h3-5,10-13,15H,6-9,21H2,1-2H3;1H. The lowest BCUT2D eigenvalue weighted by molar-refractivity contribution is -0.385. The predicted octanol–water partition coefficient (Wildman–Crippen LogP) is 3.18. The second kappa shape index (κ2) is 10.5. The van der Waals surface area contributed by atoms with E-state index in [1.54, 1.807) is 12.4 Å². The molecule has 0 amide bonds. The molecule has 174 valence electrons. The minimum atomic E-state index is -4.31. The van der Waals surface area contributed by atoms with E-state index in [1.165, 1.54) is 25.3 Å². The number of halogens is 1. The van der Waals surface area contributed by atoms with Crippen LogP contribution in [0.15, 0.2) is 46.4 Å². The highest BCUT2D eigenvalue weighted by Crippen LogP contribution is 2.41. The summed E-state index contributed by atoms with van der Waals surface area (Å²) in [6.45, 7) is 3.35. The molecular formula is C20H25ClN4O6S. The fraction of sp³-hybridized carbons (Fsp3) is 0.350. The monoisotopic (exact) mass is 484 g/mol. The van der Waals surface area contributed by atoms with Crippen LogP contribution in [0.1, 0.15) is 29.9 Å². The van der Waals surface area contributed by atoms with Gasteiger partial charge in [-0.25, -0.2) is 0 Å². The van der Waals surface area contributed by atoms with Crippen LogP contribution >= 0.6 is 12.4 Å². The molecule has 0 unspecified atom stereocenters. The van der Waals surface area contributed by atoms with Gasteiger partial charge >= 0.3 is 10.1 Å². The van der Waals surface area contributed by atoms with E-state index < -0.39 is 15.0 Å². The van der Waals surface area contributed by atoms with Crippen LogP contribution in [0.2, 0.25) is 0 Å². The minimum absolute atomic E-state index is 0. The number of piperidine rings is 1. The smallest absolute Gasteiger partial charge is 0.339 e. The summed E-state index contributed by atoms with van der Waals surface area (Å²) in [4.78, 5) is 12.1. The summed E-state index contributed by atoms with van der Waals surface area (Å²) in [5, 5.41) is 14.6. The molecule has 2 aromatic rings. The number of non-ortho nitro benzene ring substituents is 1. The Labute approximate surface area is 192 Å². The van der Waals surface area contributed by atoms with E-state index in [4.69, 9.17) is 14.8 Å². The molecule has 0 saturated carbocycles. The van der Waals surface area contributed by atoms with Crippen LogP contribution in [0, 0.1) is 17.0 Å². The van der Waals surface area contributed by atoms with Gasteiger partial charge < -0.3 is 19.7 Å². The second-order valence-electron chi connectivity index (χ2n) is 7.25. The molecule has 2 aromatic carbocycles. The molecule has 3 rings (SSSR count). The highest BCUT2D eigenvalue weighted by molar-refractivity contribution is 7.87. The average Bonchev–Trinajstić information content (AvgIpc) is 2.74. The van der Waals surface area contributed by atoms with Gasteiger partial charge in [0.2, 0.25) is 0 Å². The Bertz CT molecular complexity index is 1100. The van der Waals surface area contributed by atoms with E-state index in [9.17, 15) is 18.5 Å². The predicted molar refractivity (Wildman–Crippen MR) is 122 cm³/mol. The summed E-state index contributed by atoms with van der Waals surface area (Å²) in [5.41, 5.74) is 1.33. The summed E-state index contributed by atoms with van der Waals surface area (Å²) in [7, 11) is -2.85. The number of hydrazone groups is 1. The Morgan fingerprint density at radius 2 is 1.94 bits per heavy atom. The number of rotatable bonds is 7. The van der Waals surface area contributed by atoms with E-state index in [-0.39, 0.29) is 34.7 Å². The third-order valence-corrected chi connectivity index (χ3v) is 6.38. The number of benzene rings is 2. The van der Waals surface area contributed by atoms with Crippen molar-refractivity contribution in [2.45, 2.75) is 30.6 Å². The number of nitrogens with zero attached hydrogens (tertiary/aromatic N) is 3. The third kappa shape index (κ3) is 5.60. The highest BCUT2D eigenvalue weighted by atomic mass is 35.5. The zero-order valence-corrected chi connectivity index (χ0v) is 19.3. The number of aryl methyl sites for hydroxylation is 1. The molecule has 10 nitrogen and oxygen atoms in total. The van der Waals surface area contributed by atoms with E-state index in [2.05, 4.69) is 5.10 Å². The number of hydrogen-bond acceptors (Lipinski definition) is 8. The third-order valence-electron chi connectivity index (χ3n) is 5.15. The fourth-order valence-corrected chi connectivity index (χ4v) is 4.66. The van der Waals surface area contributed by atoms with Crippen LogP contribution in [0.5, 0.6) is 11.5 Å². The van der Waals surface area contributed by atoms with Gasteiger partial charge in [0.15, 0.2) is 11.5 Å². The van der Waals surface area contributed by atoms with E-state index in [0.29, 0.717) is 5.75 Å². The molecule has 0 aliphatic carbocycles. The van der Waals surface area contributed by atoms with Crippen LogP contribution in [0.4, 0.5) is 5.69 Å². The maximum atomic E-state index is 12.8. The lowest BCUT2D eigenvalue weighted by Gasteiger charge is -2.31. The maximum absolute atomic E-state index is 12.8. The zero-order chi connectivity index (χ0) is 22.6. The fourth-order valence-electron chi connectivity index (χ4n) is 3.69. The van der Waals surface area contributed by atoms with Crippen LogP contribution in [0.3, 0.4) is 0 Å². The number of hydrogen-bond donors (Lipinski definition) is 1. The molecular weight excluding hydrogens is 460 g/mol. The van der Waals surface area contributed by atoms with Gasteiger partial charge in [-0.1, -0.05) is 12.1 Å². The average molecular weight is 485 g/mol. The molecule has 0 aromatic heterocycles. The molecule has 32 heavy (non-hydrogen) atoms. The Balaban J connectivity index is 0.00000363. The van der Waals surface area contributed by atoms with Crippen molar-refractivity contribution in [2.24, 2.45) is 10.9 Å². The molecule has 0 bridgehead atoms. The van der Waals surface area contributed by atoms with Gasteiger partial charge in [-0.3, -0.25) is 10.1 Å². The first-order chi connectivity index (χ1) is 14.7. The number of methoxy groups -OCH3 is 1. The Kier molecular flexibility index (Phi) is 8.28. The van der Waals surface area contributed by atoms with Crippen molar-refractivity contribution < 1.29 is 22.3 Å². The number of nitrogens with two attached hydrogens (primary N) is 1. The first kappa shape index (κ1) is 25.2. The van der Waals surface area contributed by atoms with Gasteiger partial charge in [-0.15, -0.1) is 12.4 Å². The van der Waals surface area contributed by atoms with Gasteiger partial charge in [0.1, 0.15) is 11.2 Å².